The zero-order chi connectivity index (χ0) is 15.2. The predicted octanol–water partition coefficient (Wildman–Crippen LogP) is 2.34. The van der Waals surface area contributed by atoms with Crippen LogP contribution in [0.5, 0.6) is 0 Å². The van der Waals surface area contributed by atoms with Gasteiger partial charge in [-0.15, -0.1) is 0 Å². The fraction of sp³-hybridized carbons (Fsp3) is 0.867. The van der Waals surface area contributed by atoms with E-state index >= 15 is 0 Å². The first-order chi connectivity index (χ1) is 9.33. The first-order valence-electron chi connectivity index (χ1n) is 7.47. The number of carbonyl (C=O) groups is 2. The van der Waals surface area contributed by atoms with Crippen molar-refractivity contribution in [1.82, 2.24) is 5.32 Å². The minimum atomic E-state index is -0.855. The Kier molecular flexibility index (Phi) is 6.46. The molecule has 0 saturated heterocycles. The van der Waals surface area contributed by atoms with Crippen molar-refractivity contribution >= 4 is 11.9 Å². The molecule has 0 spiro atoms. The molecular formula is C15H27NO4. The number of nitrogens with one attached hydrogen (secondary N) is 1. The van der Waals surface area contributed by atoms with E-state index in [9.17, 15) is 9.59 Å². The average Bonchev–Trinajstić information content (AvgIpc) is 2.24. The third kappa shape index (κ3) is 5.90. The second-order valence-corrected chi connectivity index (χ2v) is 6.31. The molecule has 0 aliphatic heterocycles. The molecule has 2 N–H and O–H groups in total. The maximum Gasteiger partial charge on any atom is 0.305 e. The molecule has 5 heteroatoms. The van der Waals surface area contributed by atoms with Gasteiger partial charge in [-0.2, -0.15) is 0 Å². The van der Waals surface area contributed by atoms with Crippen LogP contribution in [-0.2, 0) is 14.3 Å². The van der Waals surface area contributed by atoms with Gasteiger partial charge in [0, 0.05) is 6.42 Å². The van der Waals surface area contributed by atoms with Crippen LogP contribution in [0.1, 0.15) is 59.3 Å². The molecule has 5 nitrogen and oxygen atoms in total. The number of amides is 1. The van der Waals surface area contributed by atoms with E-state index in [0.29, 0.717) is 18.9 Å². The second-order valence-electron chi connectivity index (χ2n) is 6.31. The highest BCUT2D eigenvalue weighted by Gasteiger charge is 2.40. The van der Waals surface area contributed by atoms with E-state index in [1.165, 1.54) is 0 Å². The molecule has 0 aromatic rings. The van der Waals surface area contributed by atoms with Crippen molar-refractivity contribution in [2.75, 3.05) is 6.61 Å². The largest absolute Gasteiger partial charge is 0.481 e. The van der Waals surface area contributed by atoms with Crippen molar-refractivity contribution < 1.29 is 19.4 Å². The lowest BCUT2D eigenvalue weighted by atomic mass is 9.74. The Hall–Kier alpha value is -1.10. The monoisotopic (exact) mass is 285 g/mol. The van der Waals surface area contributed by atoms with Crippen molar-refractivity contribution in [3.05, 3.63) is 0 Å². The summed E-state index contributed by atoms with van der Waals surface area (Å²) in [6.45, 7) is 6.68. The number of hydrogen-bond donors (Lipinski definition) is 2. The topological polar surface area (TPSA) is 75.6 Å². The number of hydrogen-bond acceptors (Lipinski definition) is 3. The van der Waals surface area contributed by atoms with Crippen molar-refractivity contribution in [2.24, 2.45) is 5.92 Å². The van der Waals surface area contributed by atoms with E-state index in [1.54, 1.807) is 0 Å². The van der Waals surface area contributed by atoms with Crippen molar-refractivity contribution in [2.45, 2.75) is 70.9 Å². The van der Waals surface area contributed by atoms with Crippen LogP contribution in [0.2, 0.25) is 0 Å². The molecule has 1 aliphatic carbocycles. The second kappa shape index (κ2) is 7.62. The van der Waals surface area contributed by atoms with Crippen LogP contribution in [0.4, 0.5) is 0 Å². The van der Waals surface area contributed by atoms with E-state index in [1.807, 2.05) is 6.92 Å². The zero-order valence-electron chi connectivity index (χ0n) is 12.8. The van der Waals surface area contributed by atoms with Crippen LogP contribution in [0, 0.1) is 5.92 Å². The Balaban J connectivity index is 2.24. The normalized spacial score (nSPS) is 18.4. The summed E-state index contributed by atoms with van der Waals surface area (Å²) in [7, 11) is 0. The molecular weight excluding hydrogens is 258 g/mol. The Morgan fingerprint density at radius 1 is 1.30 bits per heavy atom. The molecule has 0 radical (unpaired) electrons. The van der Waals surface area contributed by atoms with Gasteiger partial charge >= 0.3 is 5.97 Å². The highest BCUT2D eigenvalue weighted by atomic mass is 16.5. The highest BCUT2D eigenvalue weighted by molar-refractivity contribution is 5.78. The average molecular weight is 285 g/mol. The van der Waals surface area contributed by atoms with Gasteiger partial charge in [0.2, 0.25) is 5.91 Å². The number of aliphatic carboxylic acids is 1. The number of rotatable bonds is 9. The van der Waals surface area contributed by atoms with Crippen LogP contribution in [-0.4, -0.2) is 35.2 Å². The number of carboxylic acid groups (broad SMARTS) is 1. The summed E-state index contributed by atoms with van der Waals surface area (Å²) in [5.74, 6) is -0.387. The summed E-state index contributed by atoms with van der Waals surface area (Å²) in [6, 6.07) is 0. The van der Waals surface area contributed by atoms with Crippen LogP contribution in [0.25, 0.3) is 0 Å². The molecule has 1 saturated carbocycles. The summed E-state index contributed by atoms with van der Waals surface area (Å²) in [6.07, 6.45) is 3.94. The molecule has 0 heterocycles. The molecule has 116 valence electrons. The van der Waals surface area contributed by atoms with Gasteiger partial charge in [0.15, 0.2) is 0 Å². The molecule has 1 atom stereocenters. The summed E-state index contributed by atoms with van der Waals surface area (Å²) < 4.78 is 5.59. The van der Waals surface area contributed by atoms with Crippen molar-refractivity contribution in [1.29, 1.82) is 0 Å². The lowest BCUT2D eigenvalue weighted by Gasteiger charge is -2.41. The lowest BCUT2D eigenvalue weighted by Crippen LogP contribution is -2.54. The number of ether oxygens (including phenoxy) is 1. The van der Waals surface area contributed by atoms with Gasteiger partial charge in [-0.3, -0.25) is 9.59 Å². The Morgan fingerprint density at radius 3 is 2.40 bits per heavy atom. The van der Waals surface area contributed by atoms with E-state index < -0.39 is 11.5 Å². The van der Waals surface area contributed by atoms with Gasteiger partial charge in [0.25, 0.3) is 0 Å². The molecule has 20 heavy (non-hydrogen) atoms. The van der Waals surface area contributed by atoms with Gasteiger partial charge in [0.1, 0.15) is 0 Å². The first kappa shape index (κ1) is 17.0. The fourth-order valence-electron chi connectivity index (χ4n) is 2.68. The Bertz CT molecular complexity index is 337. The van der Waals surface area contributed by atoms with Gasteiger partial charge in [-0.05, 0) is 38.5 Å². The molecule has 1 rings (SSSR count). The van der Waals surface area contributed by atoms with Gasteiger partial charge in [-0.25, -0.2) is 0 Å². The third-order valence-corrected chi connectivity index (χ3v) is 3.74. The summed E-state index contributed by atoms with van der Waals surface area (Å²) in [5, 5.41) is 11.8. The molecule has 0 aromatic heterocycles. The van der Waals surface area contributed by atoms with Gasteiger partial charge in [-0.1, -0.05) is 13.8 Å². The smallest absolute Gasteiger partial charge is 0.305 e. The van der Waals surface area contributed by atoms with E-state index in [0.717, 1.165) is 25.7 Å². The quantitative estimate of drug-likeness (QED) is 0.682. The molecule has 0 bridgehead atoms. The maximum absolute atomic E-state index is 11.9. The molecule has 1 amide bonds. The molecule has 0 aromatic carbocycles. The fourth-order valence-corrected chi connectivity index (χ4v) is 2.68. The van der Waals surface area contributed by atoms with Crippen molar-refractivity contribution in [3.8, 4) is 0 Å². The van der Waals surface area contributed by atoms with Gasteiger partial charge < -0.3 is 15.2 Å². The summed E-state index contributed by atoms with van der Waals surface area (Å²) in [5.41, 5.74) is -0.507. The third-order valence-electron chi connectivity index (χ3n) is 3.74. The Morgan fingerprint density at radius 2 is 1.95 bits per heavy atom. The number of carboxylic acids is 1. The summed E-state index contributed by atoms with van der Waals surface area (Å²) in [4.78, 5) is 22.7. The van der Waals surface area contributed by atoms with E-state index in [4.69, 9.17) is 9.84 Å². The predicted molar refractivity (Wildman–Crippen MR) is 76.5 cm³/mol. The standard InChI is InChI=1S/C15H27NO4/c1-11(2)9-12(3)20-8-5-13(17)16-15(6-4-7-15)10-14(18)19/h11-12H,4-10H2,1-3H3,(H,16,17)(H,18,19). The maximum atomic E-state index is 11.9. The van der Waals surface area contributed by atoms with Gasteiger partial charge in [0.05, 0.1) is 24.7 Å². The minimum absolute atomic E-state index is 0.0172. The lowest BCUT2D eigenvalue weighted by molar-refractivity contribution is -0.140. The molecule has 1 aliphatic rings. The van der Waals surface area contributed by atoms with Crippen LogP contribution in [0.3, 0.4) is 0 Å². The SMILES string of the molecule is CC(C)CC(C)OCCC(=O)NC1(CC(=O)O)CCC1. The minimum Gasteiger partial charge on any atom is -0.481 e. The first-order valence-corrected chi connectivity index (χ1v) is 7.47. The zero-order valence-corrected chi connectivity index (χ0v) is 12.8. The van der Waals surface area contributed by atoms with Crippen LogP contribution in [0.15, 0.2) is 0 Å². The van der Waals surface area contributed by atoms with Crippen molar-refractivity contribution in [3.63, 3.8) is 0 Å². The van der Waals surface area contributed by atoms with Crippen LogP contribution < -0.4 is 5.32 Å². The van der Waals surface area contributed by atoms with Crippen LogP contribution >= 0.6 is 0 Å². The Labute approximate surface area is 121 Å². The van der Waals surface area contributed by atoms with E-state index in [-0.39, 0.29) is 18.4 Å². The molecule has 1 unspecified atom stereocenters. The molecule has 1 fully saturated rings. The number of carbonyl (C=O) groups excluding carboxylic acids is 1. The highest BCUT2D eigenvalue weighted by Crippen LogP contribution is 2.34. The van der Waals surface area contributed by atoms with E-state index in [2.05, 4.69) is 19.2 Å². The summed E-state index contributed by atoms with van der Waals surface area (Å²) >= 11 is 0.